The zero-order valence-electron chi connectivity index (χ0n) is 49.3. The second-order valence-electron chi connectivity index (χ2n) is 23.2. The van der Waals surface area contributed by atoms with E-state index in [1.54, 1.807) is 6.08 Å². The number of carbonyl (C=O) groups is 1. The van der Waals surface area contributed by atoms with Crippen LogP contribution in [0, 0.1) is 0 Å². The summed E-state index contributed by atoms with van der Waals surface area (Å²) in [5.41, 5.74) is 0. The van der Waals surface area contributed by atoms with Crippen molar-refractivity contribution in [2.24, 2.45) is 0 Å². The van der Waals surface area contributed by atoms with Gasteiger partial charge in [-0.2, -0.15) is 0 Å². The Morgan fingerprint density at radius 2 is 0.775 bits per heavy atom. The van der Waals surface area contributed by atoms with Crippen LogP contribution in [0.4, 0.5) is 0 Å². The summed E-state index contributed by atoms with van der Waals surface area (Å²) in [5.74, 6) is -0.280. The fourth-order valence-corrected chi connectivity index (χ4v) is 11.1. The highest BCUT2D eigenvalue weighted by Gasteiger charge is 2.53. The van der Waals surface area contributed by atoms with Gasteiger partial charge >= 0.3 is 0 Å². The van der Waals surface area contributed by atoms with Crippen LogP contribution in [-0.2, 0) is 33.2 Å². The van der Waals surface area contributed by atoms with Crippen molar-refractivity contribution < 1.29 is 89.4 Å². The van der Waals surface area contributed by atoms with Crippen LogP contribution in [-0.4, -0.2) is 193 Å². The lowest BCUT2D eigenvalue weighted by atomic mass is 9.96. The Bertz CT molecular complexity index is 1510. The van der Waals surface area contributed by atoms with Crippen LogP contribution in [0.25, 0.3) is 0 Å². The van der Waals surface area contributed by atoms with Crippen LogP contribution in [0.15, 0.2) is 12.2 Å². The molecule has 3 saturated heterocycles. The number of rotatable bonds is 48. The Morgan fingerprint density at radius 1 is 0.438 bits per heavy atom. The van der Waals surface area contributed by atoms with Gasteiger partial charge in [-0.1, -0.05) is 225 Å². The molecule has 1 amide bonds. The third-order valence-electron chi connectivity index (χ3n) is 16.3. The Kier molecular flexibility index (Phi) is 40.9. The van der Waals surface area contributed by atoms with E-state index in [1.807, 2.05) is 6.08 Å². The number of nitrogens with one attached hydrogen (secondary N) is 1. The lowest BCUT2D eigenvalue weighted by molar-refractivity contribution is -0.379. The average molecular weight is 1150 g/mol. The molecule has 472 valence electrons. The molecule has 0 aromatic rings. The van der Waals surface area contributed by atoms with Gasteiger partial charge in [0.2, 0.25) is 5.91 Å². The van der Waals surface area contributed by atoms with E-state index in [0.717, 1.165) is 57.8 Å². The number of hydrogen-bond acceptors (Lipinski definition) is 18. The van der Waals surface area contributed by atoms with Gasteiger partial charge in [0.25, 0.3) is 0 Å². The summed E-state index contributed by atoms with van der Waals surface area (Å²) in [6, 6.07) is -0.965. The predicted molar refractivity (Wildman–Crippen MR) is 305 cm³/mol. The van der Waals surface area contributed by atoms with Gasteiger partial charge in [0.15, 0.2) is 18.9 Å². The van der Waals surface area contributed by atoms with Gasteiger partial charge in [-0.25, -0.2) is 0 Å². The summed E-state index contributed by atoms with van der Waals surface area (Å²) < 4.78 is 34.2. The zero-order chi connectivity index (χ0) is 58.3. The van der Waals surface area contributed by atoms with E-state index in [1.165, 1.54) is 154 Å². The Labute approximate surface area is 480 Å². The minimum atomic E-state index is -1.97. The Hall–Kier alpha value is -1.47. The number of carbonyl (C=O) groups excluding carboxylic acids is 1. The molecule has 3 rings (SSSR count). The van der Waals surface area contributed by atoms with Crippen molar-refractivity contribution in [3.63, 3.8) is 0 Å². The van der Waals surface area contributed by atoms with Crippen molar-refractivity contribution in [3.8, 4) is 0 Å². The van der Waals surface area contributed by atoms with Crippen molar-refractivity contribution in [1.82, 2.24) is 5.32 Å². The molecule has 0 saturated carbocycles. The van der Waals surface area contributed by atoms with Gasteiger partial charge in [0.1, 0.15) is 73.2 Å². The number of hydrogen-bond donors (Lipinski definition) is 12. The number of amides is 1. The molecule has 3 fully saturated rings. The molecule has 12 N–H and O–H groups in total. The van der Waals surface area contributed by atoms with Gasteiger partial charge in [-0.05, 0) is 19.3 Å². The summed E-state index contributed by atoms with van der Waals surface area (Å²) in [4.78, 5) is 13.2. The van der Waals surface area contributed by atoms with E-state index in [9.17, 15) is 61.0 Å². The minimum absolute atomic E-state index is 0.245. The number of aliphatic hydroxyl groups excluding tert-OH is 11. The first-order chi connectivity index (χ1) is 38.8. The van der Waals surface area contributed by atoms with Crippen LogP contribution < -0.4 is 5.32 Å². The summed E-state index contributed by atoms with van der Waals surface area (Å²) in [5, 5.41) is 120. The van der Waals surface area contributed by atoms with E-state index in [4.69, 9.17) is 28.4 Å². The first-order valence-electron chi connectivity index (χ1n) is 31.9. The molecular formula is C61H115NO18. The van der Waals surface area contributed by atoms with Crippen LogP contribution in [0.1, 0.15) is 239 Å². The molecule has 17 unspecified atom stereocenters. The van der Waals surface area contributed by atoms with Gasteiger partial charge in [-0.3, -0.25) is 4.79 Å². The van der Waals surface area contributed by atoms with Crippen molar-refractivity contribution >= 4 is 5.91 Å². The molecule has 3 aliphatic rings. The molecule has 3 heterocycles. The third-order valence-corrected chi connectivity index (χ3v) is 16.3. The highest BCUT2D eigenvalue weighted by molar-refractivity contribution is 5.76. The van der Waals surface area contributed by atoms with Gasteiger partial charge in [0, 0.05) is 6.42 Å². The lowest BCUT2D eigenvalue weighted by Crippen LogP contribution is -2.66. The molecule has 0 spiro atoms. The summed E-state index contributed by atoms with van der Waals surface area (Å²) in [6.45, 7) is 1.68. The molecule has 19 nitrogen and oxygen atoms in total. The van der Waals surface area contributed by atoms with Gasteiger partial charge in [0.05, 0.1) is 38.6 Å². The maximum atomic E-state index is 13.2. The summed E-state index contributed by atoms with van der Waals surface area (Å²) in [7, 11) is 0. The minimum Gasteiger partial charge on any atom is -0.394 e. The number of allylic oxidation sites excluding steroid dienone is 1. The van der Waals surface area contributed by atoms with Crippen LogP contribution >= 0.6 is 0 Å². The highest BCUT2D eigenvalue weighted by Crippen LogP contribution is 2.33. The Morgan fingerprint density at radius 3 is 1.18 bits per heavy atom. The zero-order valence-corrected chi connectivity index (χ0v) is 49.3. The number of aliphatic hydroxyl groups is 11. The molecule has 3 aliphatic heterocycles. The van der Waals surface area contributed by atoms with Crippen molar-refractivity contribution in [3.05, 3.63) is 12.2 Å². The van der Waals surface area contributed by atoms with E-state index in [-0.39, 0.29) is 18.9 Å². The van der Waals surface area contributed by atoms with Crippen molar-refractivity contribution in [2.75, 3.05) is 26.4 Å². The van der Waals surface area contributed by atoms with Crippen LogP contribution in [0.2, 0.25) is 0 Å². The van der Waals surface area contributed by atoms with Crippen molar-refractivity contribution in [1.29, 1.82) is 0 Å². The van der Waals surface area contributed by atoms with Crippen molar-refractivity contribution in [2.45, 2.75) is 343 Å². The van der Waals surface area contributed by atoms with E-state index < -0.39 is 124 Å². The molecule has 19 heteroatoms. The molecular weight excluding hydrogens is 1030 g/mol. The van der Waals surface area contributed by atoms with E-state index in [0.29, 0.717) is 6.42 Å². The molecule has 0 bridgehead atoms. The molecule has 0 aromatic heterocycles. The molecule has 0 aromatic carbocycles. The lowest BCUT2D eigenvalue weighted by Gasteiger charge is -2.48. The maximum absolute atomic E-state index is 13.2. The standard InChI is InChI=1S/C61H115NO18/c1-3-5-7-9-11-12-13-14-15-16-17-18-19-20-21-22-23-24-25-26-27-28-29-30-31-33-34-36-38-45(66)44(62-49(67)39-37-35-32-10-8-6-4-2)43-75-59-55(73)52(70)57(47(41-64)77-59)80-61-56(74)53(71)58(48(42-65)78-61)79-60-54(72)51(69)50(68)46(40-63)76-60/h36,38,44-48,50-61,63-66,68-74H,3-35,37,39-43H2,1-2H3,(H,62,67)/b38-36+. The van der Waals surface area contributed by atoms with Crippen LogP contribution in [0.5, 0.6) is 0 Å². The van der Waals surface area contributed by atoms with E-state index >= 15 is 0 Å². The van der Waals surface area contributed by atoms with Crippen LogP contribution in [0.3, 0.4) is 0 Å². The number of unbranched alkanes of at least 4 members (excludes halogenated alkanes) is 32. The largest absolute Gasteiger partial charge is 0.394 e. The molecule has 0 radical (unpaired) electrons. The fourth-order valence-electron chi connectivity index (χ4n) is 11.1. The van der Waals surface area contributed by atoms with Gasteiger partial charge in [-0.15, -0.1) is 0 Å². The molecule has 17 atom stereocenters. The molecule has 0 aliphatic carbocycles. The fraction of sp³-hybridized carbons (Fsp3) is 0.951. The van der Waals surface area contributed by atoms with Gasteiger partial charge < -0.3 is 89.9 Å². The predicted octanol–water partition coefficient (Wildman–Crippen LogP) is 6.55. The quantitative estimate of drug-likeness (QED) is 0.0227. The average Bonchev–Trinajstić information content (AvgIpc) is 3.55. The monoisotopic (exact) mass is 1150 g/mol. The summed E-state index contributed by atoms with van der Waals surface area (Å²) >= 11 is 0. The number of ether oxygens (including phenoxy) is 6. The summed E-state index contributed by atoms with van der Waals surface area (Å²) in [6.07, 6.45) is 19.7. The smallest absolute Gasteiger partial charge is 0.220 e. The highest BCUT2D eigenvalue weighted by atomic mass is 16.8. The maximum Gasteiger partial charge on any atom is 0.220 e. The Balaban J connectivity index is 1.38. The molecule has 80 heavy (non-hydrogen) atoms. The first kappa shape index (κ1) is 72.8. The second-order valence-corrected chi connectivity index (χ2v) is 23.2. The second kappa shape index (κ2) is 44.9. The SMILES string of the molecule is CCCCCCCCCCCCCCCCCCCCCCCCCCCC/C=C/C(O)C(COC1OC(CO)C(OC2OC(CO)C(OC3OC(CO)C(O)C(O)C3O)C(O)C2O)C(O)C1O)NC(=O)CCCCCCCCC. The first-order valence-corrected chi connectivity index (χ1v) is 31.9. The third kappa shape index (κ3) is 28.2. The van der Waals surface area contributed by atoms with E-state index in [2.05, 4.69) is 19.2 Å². The topological polar surface area (TPSA) is 307 Å². The normalized spacial score (nSPS) is 30.0.